The topological polar surface area (TPSA) is 29.1 Å². The van der Waals surface area contributed by atoms with Crippen LogP contribution in [0.25, 0.3) is 5.57 Å². The van der Waals surface area contributed by atoms with E-state index in [1.807, 2.05) is 31.2 Å². The molecule has 0 saturated carbocycles. The highest BCUT2D eigenvalue weighted by Gasteiger charge is 2.35. The van der Waals surface area contributed by atoms with Gasteiger partial charge < -0.3 is 5.32 Å². The Balaban J connectivity index is 2.16. The van der Waals surface area contributed by atoms with Crippen molar-refractivity contribution in [2.24, 2.45) is 0 Å². The summed E-state index contributed by atoms with van der Waals surface area (Å²) in [7, 11) is 0. The number of rotatable bonds is 4. The van der Waals surface area contributed by atoms with Gasteiger partial charge in [0, 0.05) is 12.6 Å². The quantitative estimate of drug-likeness (QED) is 0.838. The predicted molar refractivity (Wildman–Crippen MR) is 83.5 cm³/mol. The van der Waals surface area contributed by atoms with Gasteiger partial charge in [0.2, 0.25) is 5.91 Å². The van der Waals surface area contributed by atoms with E-state index in [0.29, 0.717) is 6.08 Å². The number of nitrogens with one attached hydrogen (secondary N) is 1. The number of hydrogen-bond acceptors (Lipinski definition) is 1. The van der Waals surface area contributed by atoms with E-state index >= 15 is 0 Å². The summed E-state index contributed by atoms with van der Waals surface area (Å²) in [5, 5.41) is 2.50. The molecule has 23 heavy (non-hydrogen) atoms. The van der Waals surface area contributed by atoms with Gasteiger partial charge in [-0.1, -0.05) is 54.6 Å². The van der Waals surface area contributed by atoms with Gasteiger partial charge >= 0.3 is 6.18 Å². The Kier molecular flexibility index (Phi) is 5.21. The lowest BCUT2D eigenvalue weighted by atomic mass is 10.0. The minimum absolute atomic E-state index is 0.0361. The van der Waals surface area contributed by atoms with Crippen molar-refractivity contribution in [2.45, 2.75) is 19.6 Å². The molecule has 0 fully saturated rings. The van der Waals surface area contributed by atoms with E-state index in [0.717, 1.165) is 11.1 Å². The van der Waals surface area contributed by atoms with Gasteiger partial charge in [-0.05, 0) is 23.6 Å². The summed E-state index contributed by atoms with van der Waals surface area (Å²) in [4.78, 5) is 11.9. The van der Waals surface area contributed by atoms with Gasteiger partial charge in [-0.2, -0.15) is 13.2 Å². The second-order valence-corrected chi connectivity index (χ2v) is 5.07. The van der Waals surface area contributed by atoms with Crippen LogP contribution in [0.3, 0.4) is 0 Å². The second-order valence-electron chi connectivity index (χ2n) is 5.07. The molecule has 0 saturated heterocycles. The molecule has 2 nitrogen and oxygen atoms in total. The molecule has 2 aromatic carbocycles. The Hall–Kier alpha value is -2.56. The number of carbonyl (C=O) groups is 1. The molecule has 2 aromatic rings. The Morgan fingerprint density at radius 1 is 1.04 bits per heavy atom. The van der Waals surface area contributed by atoms with Gasteiger partial charge in [-0.25, -0.2) is 0 Å². The van der Waals surface area contributed by atoms with Crippen LogP contribution in [-0.2, 0) is 11.3 Å². The molecular weight excluding hydrogens is 303 g/mol. The third-order valence-corrected chi connectivity index (χ3v) is 3.38. The highest BCUT2D eigenvalue weighted by atomic mass is 19.4. The molecular formula is C18H16F3NO. The molecule has 0 heterocycles. The zero-order valence-electron chi connectivity index (χ0n) is 12.5. The average molecular weight is 319 g/mol. The Morgan fingerprint density at radius 3 is 2.26 bits per heavy atom. The minimum Gasteiger partial charge on any atom is -0.348 e. The van der Waals surface area contributed by atoms with Crippen molar-refractivity contribution in [2.75, 3.05) is 0 Å². The fraction of sp³-hybridized carbons (Fsp3) is 0.167. The molecule has 0 atom stereocenters. The van der Waals surface area contributed by atoms with Crippen LogP contribution in [0.5, 0.6) is 0 Å². The SMILES string of the molecule is Cc1ccccc1CNC(=O)/C=C(/c1ccccc1)C(F)(F)F. The van der Waals surface area contributed by atoms with Crippen molar-refractivity contribution in [3.8, 4) is 0 Å². The van der Waals surface area contributed by atoms with Crippen LogP contribution in [0.1, 0.15) is 16.7 Å². The molecule has 0 aliphatic rings. The predicted octanol–water partition coefficient (Wildman–Crippen LogP) is 4.26. The number of aryl methyl sites for hydroxylation is 1. The zero-order chi connectivity index (χ0) is 16.9. The maximum Gasteiger partial charge on any atom is 0.417 e. The highest BCUT2D eigenvalue weighted by molar-refractivity contribution is 5.96. The van der Waals surface area contributed by atoms with Crippen molar-refractivity contribution < 1.29 is 18.0 Å². The molecule has 0 aliphatic carbocycles. The first-order chi connectivity index (χ1) is 10.9. The average Bonchev–Trinajstić information content (AvgIpc) is 2.51. The third-order valence-electron chi connectivity index (χ3n) is 3.38. The molecule has 0 aliphatic heterocycles. The summed E-state index contributed by atoms with van der Waals surface area (Å²) in [6, 6.07) is 14.6. The molecule has 5 heteroatoms. The van der Waals surface area contributed by atoms with Gasteiger partial charge in [-0.15, -0.1) is 0 Å². The summed E-state index contributed by atoms with van der Waals surface area (Å²) in [5.41, 5.74) is 0.838. The van der Waals surface area contributed by atoms with Crippen LogP contribution < -0.4 is 5.32 Å². The molecule has 0 spiro atoms. The molecule has 2 rings (SSSR count). The summed E-state index contributed by atoms with van der Waals surface area (Å²) in [6.45, 7) is 2.06. The van der Waals surface area contributed by atoms with Crippen LogP contribution in [0.2, 0.25) is 0 Å². The highest BCUT2D eigenvalue weighted by Crippen LogP contribution is 2.33. The molecule has 0 unspecified atom stereocenters. The van der Waals surface area contributed by atoms with Crippen molar-refractivity contribution in [3.05, 3.63) is 77.4 Å². The number of alkyl halides is 3. The van der Waals surface area contributed by atoms with E-state index < -0.39 is 17.7 Å². The summed E-state index contributed by atoms with van der Waals surface area (Å²) in [5.74, 6) is -0.774. The van der Waals surface area contributed by atoms with Crippen LogP contribution >= 0.6 is 0 Å². The molecule has 120 valence electrons. The fourth-order valence-electron chi connectivity index (χ4n) is 2.12. The number of amides is 1. The third kappa shape index (κ3) is 4.71. The number of hydrogen-bond donors (Lipinski definition) is 1. The standard InChI is InChI=1S/C18H16F3NO/c1-13-7-5-6-10-15(13)12-22-17(23)11-16(18(19,20)21)14-8-3-2-4-9-14/h2-11H,12H2,1H3,(H,22,23)/b16-11-. The maximum absolute atomic E-state index is 13.1. The van der Waals surface area contributed by atoms with Gasteiger partial charge in [0.25, 0.3) is 0 Å². The largest absolute Gasteiger partial charge is 0.417 e. The first-order valence-corrected chi connectivity index (χ1v) is 7.04. The normalized spacial score (nSPS) is 12.1. The van der Waals surface area contributed by atoms with Crippen LogP contribution in [0.15, 0.2) is 60.7 Å². The van der Waals surface area contributed by atoms with Crippen LogP contribution in [0, 0.1) is 6.92 Å². The van der Waals surface area contributed by atoms with Gasteiger partial charge in [0.1, 0.15) is 0 Å². The Labute approximate surface area is 132 Å². The zero-order valence-corrected chi connectivity index (χ0v) is 12.5. The van der Waals surface area contributed by atoms with Gasteiger partial charge in [0.15, 0.2) is 0 Å². The van der Waals surface area contributed by atoms with Crippen LogP contribution in [0.4, 0.5) is 13.2 Å². The smallest absolute Gasteiger partial charge is 0.348 e. The minimum atomic E-state index is -4.60. The van der Waals surface area contributed by atoms with E-state index in [9.17, 15) is 18.0 Å². The van der Waals surface area contributed by atoms with E-state index in [1.165, 1.54) is 24.3 Å². The number of halogens is 3. The van der Waals surface area contributed by atoms with Crippen molar-refractivity contribution in [1.29, 1.82) is 0 Å². The number of allylic oxidation sites excluding steroid dienone is 1. The van der Waals surface area contributed by atoms with Crippen molar-refractivity contribution in [1.82, 2.24) is 5.32 Å². The first kappa shape index (κ1) is 16.8. The number of benzene rings is 2. The molecule has 1 N–H and O–H groups in total. The Morgan fingerprint density at radius 2 is 1.65 bits per heavy atom. The number of carbonyl (C=O) groups excluding carboxylic acids is 1. The van der Waals surface area contributed by atoms with Gasteiger partial charge in [0.05, 0.1) is 5.57 Å². The van der Waals surface area contributed by atoms with E-state index in [1.54, 1.807) is 6.07 Å². The van der Waals surface area contributed by atoms with E-state index in [4.69, 9.17) is 0 Å². The summed E-state index contributed by atoms with van der Waals surface area (Å²) >= 11 is 0. The van der Waals surface area contributed by atoms with Crippen molar-refractivity contribution in [3.63, 3.8) is 0 Å². The summed E-state index contributed by atoms with van der Waals surface area (Å²) in [6.07, 6.45) is -3.99. The van der Waals surface area contributed by atoms with Crippen molar-refractivity contribution >= 4 is 11.5 Å². The molecule has 1 amide bonds. The van der Waals surface area contributed by atoms with Gasteiger partial charge in [-0.3, -0.25) is 4.79 Å². The maximum atomic E-state index is 13.1. The van der Waals surface area contributed by atoms with E-state index in [2.05, 4.69) is 5.32 Å². The second kappa shape index (κ2) is 7.13. The molecule has 0 radical (unpaired) electrons. The Bertz CT molecular complexity index is 706. The lowest BCUT2D eigenvalue weighted by Crippen LogP contribution is -2.23. The first-order valence-electron chi connectivity index (χ1n) is 7.04. The molecule has 0 aromatic heterocycles. The van der Waals surface area contributed by atoms with Crippen LogP contribution in [-0.4, -0.2) is 12.1 Å². The fourth-order valence-corrected chi connectivity index (χ4v) is 2.12. The van der Waals surface area contributed by atoms with E-state index in [-0.39, 0.29) is 12.1 Å². The lowest BCUT2D eigenvalue weighted by Gasteiger charge is -2.12. The lowest BCUT2D eigenvalue weighted by molar-refractivity contribution is -0.117. The molecule has 0 bridgehead atoms. The summed E-state index contributed by atoms with van der Waals surface area (Å²) < 4.78 is 39.4. The monoisotopic (exact) mass is 319 g/mol.